The van der Waals surface area contributed by atoms with Gasteiger partial charge in [-0.25, -0.2) is 19.0 Å². The Morgan fingerprint density at radius 3 is 2.17 bits per heavy atom. The molecule has 3 saturated heterocycles. The van der Waals surface area contributed by atoms with E-state index in [2.05, 4.69) is 20.2 Å². The molecule has 3 aliphatic rings. The number of aromatic nitrogens is 3. The average Bonchev–Trinajstić information content (AvgIpc) is 3.62. The highest BCUT2D eigenvalue weighted by molar-refractivity contribution is 6.30. The number of esters is 1. The van der Waals surface area contributed by atoms with E-state index >= 15 is 4.39 Å². The Balaban J connectivity index is 0.00000225. The molecule has 3 fully saturated rings. The number of likely N-dealkylation sites (N-methyl/N-ethyl adjacent to an activating group) is 1. The maximum Gasteiger partial charge on any atom is 0.411 e. The van der Waals surface area contributed by atoms with E-state index in [0.717, 1.165) is 13.0 Å². The summed E-state index contributed by atoms with van der Waals surface area (Å²) in [6, 6.07) is -0.378. The van der Waals surface area contributed by atoms with Crippen LogP contribution in [0.15, 0.2) is 6.20 Å². The molecule has 2 amide bonds. The molecule has 17 heteroatoms. The van der Waals surface area contributed by atoms with E-state index in [0.29, 0.717) is 37.0 Å². The van der Waals surface area contributed by atoms with Crippen molar-refractivity contribution in [2.45, 2.75) is 156 Å². The normalized spacial score (nSPS) is 21.9. The van der Waals surface area contributed by atoms with Crippen molar-refractivity contribution in [3.63, 3.8) is 0 Å². The number of fused-ring (bicyclic) bond motifs is 3. The van der Waals surface area contributed by atoms with Crippen molar-refractivity contribution in [3.05, 3.63) is 17.2 Å². The van der Waals surface area contributed by atoms with E-state index in [9.17, 15) is 14.4 Å². The molecule has 0 aliphatic carbocycles. The highest BCUT2D eigenvalue weighted by Gasteiger charge is 2.55. The van der Waals surface area contributed by atoms with Crippen LogP contribution in [0.3, 0.4) is 0 Å². The molecule has 0 saturated carbocycles. The highest BCUT2D eigenvalue weighted by atomic mass is 35.5. The van der Waals surface area contributed by atoms with Crippen LogP contribution in [-0.2, 0) is 23.7 Å². The molecule has 3 unspecified atom stereocenters. The third-order valence-corrected chi connectivity index (χ3v) is 10.1. The van der Waals surface area contributed by atoms with Crippen LogP contribution < -0.4 is 15.0 Å². The van der Waals surface area contributed by atoms with Gasteiger partial charge in [-0.15, -0.1) is 0 Å². The van der Waals surface area contributed by atoms with Crippen LogP contribution in [0.25, 0.3) is 10.9 Å². The van der Waals surface area contributed by atoms with Crippen molar-refractivity contribution in [1.82, 2.24) is 30.1 Å². The summed E-state index contributed by atoms with van der Waals surface area (Å²) in [6.45, 7) is 26.2. The standard InChI is InChI=1S/C38H57ClFN7O8.2C2H6/c1-34(2,3)53-26(48)13-17-51-22-38-15-12-24(47(38)33(50)55-36(7,8)9)19-46(21-38)30-25-18-41-29(39)27(40)28(25)43-31(44-30)52-23-37(14-11-16-45(37)10)20-42-32(49)54-35(4,5)6;2*1-2/h18,24H,11-17,19-23H2,1-10H3,(H,42,49);2*1-2H3. The number of halogens is 2. The van der Waals surface area contributed by atoms with Crippen LogP contribution in [0.5, 0.6) is 6.01 Å². The number of nitrogens with one attached hydrogen (secondary N) is 1. The predicted molar refractivity (Wildman–Crippen MR) is 227 cm³/mol. The number of anilines is 1. The summed E-state index contributed by atoms with van der Waals surface area (Å²) in [4.78, 5) is 58.1. The van der Waals surface area contributed by atoms with Gasteiger partial charge >= 0.3 is 24.2 Å². The van der Waals surface area contributed by atoms with Crippen molar-refractivity contribution in [1.29, 1.82) is 0 Å². The number of alkyl carbamates (subject to hydrolysis) is 1. The van der Waals surface area contributed by atoms with E-state index in [-0.39, 0.29) is 68.0 Å². The van der Waals surface area contributed by atoms with Crippen molar-refractivity contribution in [3.8, 4) is 6.01 Å². The topological polar surface area (TPSA) is 158 Å². The summed E-state index contributed by atoms with van der Waals surface area (Å²) in [5.74, 6) is -0.844. The molecule has 3 aliphatic heterocycles. The second kappa shape index (κ2) is 20.2. The molecule has 1 N–H and O–H groups in total. The van der Waals surface area contributed by atoms with Crippen LogP contribution in [0.1, 0.15) is 122 Å². The van der Waals surface area contributed by atoms with Gasteiger partial charge in [-0.05, 0) is 102 Å². The minimum absolute atomic E-state index is 0.0415. The van der Waals surface area contributed by atoms with Crippen molar-refractivity contribution in [2.24, 2.45) is 0 Å². The molecule has 0 spiro atoms. The summed E-state index contributed by atoms with van der Waals surface area (Å²) in [6.07, 6.45) is 3.30. The van der Waals surface area contributed by atoms with Gasteiger partial charge in [-0.2, -0.15) is 9.97 Å². The number of amides is 2. The quantitative estimate of drug-likeness (QED) is 0.101. The highest BCUT2D eigenvalue weighted by Crippen LogP contribution is 2.43. The van der Waals surface area contributed by atoms with Crippen LogP contribution >= 0.6 is 11.6 Å². The second-order valence-electron chi connectivity index (χ2n) is 17.9. The third kappa shape index (κ3) is 13.1. The Labute approximate surface area is 355 Å². The zero-order chi connectivity index (χ0) is 44.6. The fourth-order valence-electron chi connectivity index (χ4n) is 7.47. The summed E-state index contributed by atoms with van der Waals surface area (Å²) in [7, 11) is 1.96. The molecule has 3 atom stereocenters. The third-order valence-electron chi connectivity index (χ3n) is 9.84. The first kappa shape index (κ1) is 49.6. The minimum Gasteiger partial charge on any atom is -0.461 e. The molecule has 334 valence electrons. The second-order valence-corrected chi connectivity index (χ2v) is 18.2. The fraction of sp³-hybridized carbons (Fsp3) is 0.762. The van der Waals surface area contributed by atoms with E-state index in [1.54, 1.807) is 46.4 Å². The maximum atomic E-state index is 15.7. The number of likely N-dealkylation sites (tertiary alicyclic amines) is 1. The van der Waals surface area contributed by atoms with E-state index in [1.807, 2.05) is 60.4 Å². The van der Waals surface area contributed by atoms with Gasteiger partial charge in [-0.3, -0.25) is 14.6 Å². The predicted octanol–water partition coefficient (Wildman–Crippen LogP) is 7.94. The van der Waals surface area contributed by atoms with Gasteiger partial charge < -0.3 is 33.9 Å². The number of hydrogen-bond acceptors (Lipinski definition) is 13. The molecule has 2 aromatic rings. The Bertz CT molecular complexity index is 1750. The van der Waals surface area contributed by atoms with Gasteiger partial charge in [0.05, 0.1) is 42.1 Å². The lowest BCUT2D eigenvalue weighted by Crippen LogP contribution is -2.66. The largest absolute Gasteiger partial charge is 0.461 e. The van der Waals surface area contributed by atoms with Gasteiger partial charge in [0.1, 0.15) is 34.7 Å². The molecule has 0 aromatic carbocycles. The molecular weight excluding hydrogens is 785 g/mol. The van der Waals surface area contributed by atoms with Gasteiger partial charge in [-0.1, -0.05) is 39.3 Å². The number of ether oxygens (including phenoxy) is 5. The van der Waals surface area contributed by atoms with Crippen molar-refractivity contribution in [2.75, 3.05) is 57.9 Å². The Morgan fingerprint density at radius 2 is 1.58 bits per heavy atom. The lowest BCUT2D eigenvalue weighted by molar-refractivity contribution is -0.156. The van der Waals surface area contributed by atoms with Gasteiger partial charge in [0.15, 0.2) is 11.0 Å². The molecule has 2 aromatic heterocycles. The number of carbonyl (C=O) groups excluding carboxylic acids is 3. The monoisotopic (exact) mass is 853 g/mol. The number of nitrogens with zero attached hydrogens (tertiary/aromatic N) is 6. The van der Waals surface area contributed by atoms with Crippen LogP contribution in [0, 0.1) is 5.82 Å². The number of pyridine rings is 1. The SMILES string of the molecule is CC.CC.CN1CCCC1(CNC(=O)OC(C)(C)C)COc1nc(N2CC3CCC(COCCC(=O)OC(C)(C)C)(C2)N3C(=O)OC(C)(C)C)c2cnc(Cl)c(F)c2n1. The first-order valence-electron chi connectivity index (χ1n) is 20.9. The van der Waals surface area contributed by atoms with Crippen molar-refractivity contribution < 1.29 is 42.5 Å². The Hall–Kier alpha value is -3.76. The molecule has 2 bridgehead atoms. The lowest BCUT2D eigenvalue weighted by atomic mass is 9.95. The van der Waals surface area contributed by atoms with Crippen LogP contribution in [0.2, 0.25) is 5.15 Å². The molecule has 5 heterocycles. The number of hydrogen-bond donors (Lipinski definition) is 1. The Kier molecular flexibility index (Phi) is 17.0. The molecule has 5 rings (SSSR count). The number of carbonyl (C=O) groups is 3. The van der Waals surface area contributed by atoms with Gasteiger partial charge in [0, 0.05) is 25.8 Å². The molecule has 0 radical (unpaired) electrons. The zero-order valence-corrected chi connectivity index (χ0v) is 38.6. The lowest BCUT2D eigenvalue weighted by Gasteiger charge is -2.49. The van der Waals surface area contributed by atoms with E-state index in [4.69, 9.17) is 40.3 Å². The summed E-state index contributed by atoms with van der Waals surface area (Å²) in [5.41, 5.74) is -3.57. The molecular formula is C42H69ClFN7O8. The van der Waals surface area contributed by atoms with Gasteiger partial charge in [0.25, 0.3) is 0 Å². The first-order chi connectivity index (χ1) is 27.5. The molecule has 59 heavy (non-hydrogen) atoms. The number of rotatable bonds is 11. The van der Waals surface area contributed by atoms with Gasteiger partial charge in [0.2, 0.25) is 0 Å². The number of piperazine rings is 1. The van der Waals surface area contributed by atoms with E-state index in [1.165, 1.54) is 6.20 Å². The minimum atomic E-state index is -0.875. The van der Waals surface area contributed by atoms with Crippen LogP contribution in [0.4, 0.5) is 19.8 Å². The average molecular weight is 855 g/mol. The maximum absolute atomic E-state index is 15.7. The fourth-order valence-corrected chi connectivity index (χ4v) is 7.61. The van der Waals surface area contributed by atoms with E-state index < -0.39 is 45.9 Å². The van der Waals surface area contributed by atoms with Crippen molar-refractivity contribution >= 4 is 46.5 Å². The smallest absolute Gasteiger partial charge is 0.411 e. The van der Waals surface area contributed by atoms with Crippen LogP contribution in [-0.4, -0.2) is 130 Å². The Morgan fingerprint density at radius 1 is 0.932 bits per heavy atom. The first-order valence-corrected chi connectivity index (χ1v) is 21.3. The summed E-state index contributed by atoms with van der Waals surface area (Å²) >= 11 is 6.16. The summed E-state index contributed by atoms with van der Waals surface area (Å²) in [5, 5.41) is 2.86. The zero-order valence-electron chi connectivity index (χ0n) is 37.8. The summed E-state index contributed by atoms with van der Waals surface area (Å²) < 4.78 is 45.0. The molecule has 15 nitrogen and oxygen atoms in total.